The Morgan fingerprint density at radius 2 is 2.06 bits per heavy atom. The van der Waals surface area contributed by atoms with Crippen LogP contribution < -0.4 is 0 Å². The van der Waals surface area contributed by atoms with Crippen LogP contribution in [0.2, 0.25) is 0 Å². The number of ether oxygens (including phenoxy) is 1. The highest BCUT2D eigenvalue weighted by molar-refractivity contribution is 5.98. The van der Waals surface area contributed by atoms with Crippen molar-refractivity contribution >= 4 is 18.0 Å². The lowest BCUT2D eigenvalue weighted by Gasteiger charge is -2.06. The molecule has 0 aromatic heterocycles. The highest BCUT2D eigenvalue weighted by Gasteiger charge is 2.13. The van der Waals surface area contributed by atoms with E-state index in [0.717, 1.165) is 0 Å². The van der Waals surface area contributed by atoms with Gasteiger partial charge in [0.15, 0.2) is 6.29 Å². The number of esters is 1. The van der Waals surface area contributed by atoms with E-state index in [0.29, 0.717) is 11.8 Å². The van der Waals surface area contributed by atoms with Crippen LogP contribution in [0.3, 0.4) is 0 Å². The summed E-state index contributed by atoms with van der Waals surface area (Å²) in [5.74, 6) is -0.543. The molecule has 0 atom stereocenters. The highest BCUT2D eigenvalue weighted by Crippen LogP contribution is 2.13. The first-order valence-corrected chi connectivity index (χ1v) is 5.33. The van der Waals surface area contributed by atoms with Crippen LogP contribution in [0.1, 0.15) is 40.1 Å². The molecule has 0 unspecified atom stereocenters. The fourth-order valence-corrected chi connectivity index (χ4v) is 1.49. The molecule has 0 saturated heterocycles. The summed E-state index contributed by atoms with van der Waals surface area (Å²) >= 11 is 0. The van der Waals surface area contributed by atoms with Gasteiger partial charge >= 0.3 is 5.97 Å². The fourth-order valence-electron chi connectivity index (χ4n) is 1.49. The SMILES string of the molecule is CCOC(=O)c1cc(CC(C)=O)ccc1C=O. The maximum atomic E-state index is 11.6. The maximum Gasteiger partial charge on any atom is 0.338 e. The quantitative estimate of drug-likeness (QED) is 0.575. The number of ketones is 1. The molecule has 0 aliphatic rings. The summed E-state index contributed by atoms with van der Waals surface area (Å²) in [5, 5.41) is 0. The van der Waals surface area contributed by atoms with Crippen molar-refractivity contribution in [1.82, 2.24) is 0 Å². The minimum atomic E-state index is -0.542. The molecule has 4 heteroatoms. The first kappa shape index (κ1) is 13.1. The molecule has 90 valence electrons. The summed E-state index contributed by atoms with van der Waals surface area (Å²) in [4.78, 5) is 33.4. The van der Waals surface area contributed by atoms with Crippen molar-refractivity contribution < 1.29 is 19.1 Å². The molecule has 0 aliphatic carbocycles. The van der Waals surface area contributed by atoms with Crippen LogP contribution in [-0.4, -0.2) is 24.6 Å². The van der Waals surface area contributed by atoms with Gasteiger partial charge in [-0.1, -0.05) is 12.1 Å². The maximum absolute atomic E-state index is 11.6. The van der Waals surface area contributed by atoms with E-state index >= 15 is 0 Å². The molecule has 1 aromatic carbocycles. The second-order valence-corrected chi connectivity index (χ2v) is 3.64. The van der Waals surface area contributed by atoms with Crippen molar-refractivity contribution in [3.63, 3.8) is 0 Å². The van der Waals surface area contributed by atoms with Gasteiger partial charge in [-0.15, -0.1) is 0 Å². The molecule has 0 saturated carbocycles. The minimum absolute atomic E-state index is 0.00124. The lowest BCUT2D eigenvalue weighted by atomic mass is 10.0. The van der Waals surface area contributed by atoms with Gasteiger partial charge in [0.1, 0.15) is 5.78 Å². The van der Waals surface area contributed by atoms with Gasteiger partial charge in [-0.3, -0.25) is 9.59 Å². The van der Waals surface area contributed by atoms with Crippen LogP contribution in [-0.2, 0) is 16.0 Å². The van der Waals surface area contributed by atoms with Gasteiger partial charge in [0, 0.05) is 12.0 Å². The minimum Gasteiger partial charge on any atom is -0.462 e. The Morgan fingerprint density at radius 1 is 1.35 bits per heavy atom. The zero-order chi connectivity index (χ0) is 12.8. The van der Waals surface area contributed by atoms with Crippen LogP contribution >= 0.6 is 0 Å². The van der Waals surface area contributed by atoms with E-state index in [-0.39, 0.29) is 29.9 Å². The molecule has 0 aliphatic heterocycles. The average Bonchev–Trinajstić information content (AvgIpc) is 2.28. The van der Waals surface area contributed by atoms with Gasteiger partial charge in [0.2, 0.25) is 0 Å². The predicted octanol–water partition coefficient (Wildman–Crippen LogP) is 1.81. The zero-order valence-corrected chi connectivity index (χ0v) is 9.86. The first-order valence-electron chi connectivity index (χ1n) is 5.33. The Kier molecular flexibility index (Phi) is 4.57. The number of carbonyl (C=O) groups is 3. The van der Waals surface area contributed by atoms with Crippen molar-refractivity contribution in [2.45, 2.75) is 20.3 Å². The summed E-state index contributed by atoms with van der Waals surface area (Å²) in [6.07, 6.45) is 0.843. The second-order valence-electron chi connectivity index (χ2n) is 3.64. The fraction of sp³-hybridized carbons (Fsp3) is 0.308. The zero-order valence-electron chi connectivity index (χ0n) is 9.86. The van der Waals surface area contributed by atoms with Crippen LogP contribution in [0.5, 0.6) is 0 Å². The molecule has 0 amide bonds. The number of Topliss-reactive ketones (excluding diaryl/α,β-unsaturated/α-hetero) is 1. The van der Waals surface area contributed by atoms with Gasteiger partial charge in [0.05, 0.1) is 12.2 Å². The predicted molar refractivity (Wildman–Crippen MR) is 62.2 cm³/mol. The Morgan fingerprint density at radius 3 is 2.59 bits per heavy atom. The Balaban J connectivity index is 3.10. The van der Waals surface area contributed by atoms with Gasteiger partial charge in [-0.25, -0.2) is 4.79 Å². The van der Waals surface area contributed by atoms with Crippen LogP contribution in [0, 0.1) is 0 Å². The number of hydrogen-bond donors (Lipinski definition) is 0. The average molecular weight is 234 g/mol. The van der Waals surface area contributed by atoms with E-state index in [2.05, 4.69) is 0 Å². The normalized spacial score (nSPS) is 9.76. The molecule has 0 bridgehead atoms. The van der Waals surface area contributed by atoms with E-state index in [1.165, 1.54) is 19.1 Å². The summed E-state index contributed by atoms with van der Waals surface area (Å²) < 4.78 is 4.85. The van der Waals surface area contributed by atoms with E-state index in [4.69, 9.17) is 4.74 Å². The smallest absolute Gasteiger partial charge is 0.338 e. The molecular weight excluding hydrogens is 220 g/mol. The monoisotopic (exact) mass is 234 g/mol. The number of benzene rings is 1. The number of carbonyl (C=O) groups excluding carboxylic acids is 3. The molecular formula is C13H14O4. The third-order valence-electron chi connectivity index (χ3n) is 2.19. The largest absolute Gasteiger partial charge is 0.462 e. The number of hydrogen-bond acceptors (Lipinski definition) is 4. The molecule has 1 rings (SSSR count). The van der Waals surface area contributed by atoms with E-state index in [1.54, 1.807) is 13.0 Å². The molecule has 0 fully saturated rings. The van der Waals surface area contributed by atoms with E-state index < -0.39 is 5.97 Å². The molecule has 0 N–H and O–H groups in total. The number of aldehydes is 1. The Hall–Kier alpha value is -1.97. The summed E-state index contributed by atoms with van der Waals surface area (Å²) in [7, 11) is 0. The van der Waals surface area contributed by atoms with Crippen LogP contribution in [0.4, 0.5) is 0 Å². The van der Waals surface area contributed by atoms with Crippen molar-refractivity contribution in [3.05, 3.63) is 34.9 Å². The summed E-state index contributed by atoms with van der Waals surface area (Å²) in [6, 6.07) is 4.72. The topological polar surface area (TPSA) is 60.4 Å². The third kappa shape index (κ3) is 3.52. The third-order valence-corrected chi connectivity index (χ3v) is 2.19. The Labute approximate surface area is 99.6 Å². The van der Waals surface area contributed by atoms with Crippen molar-refractivity contribution in [3.8, 4) is 0 Å². The van der Waals surface area contributed by atoms with Crippen molar-refractivity contribution in [2.75, 3.05) is 6.61 Å². The summed E-state index contributed by atoms with van der Waals surface area (Å²) in [5.41, 5.74) is 1.18. The summed E-state index contributed by atoms with van der Waals surface area (Å²) in [6.45, 7) is 3.41. The lowest BCUT2D eigenvalue weighted by molar-refractivity contribution is -0.116. The molecule has 1 aromatic rings. The molecule has 0 radical (unpaired) electrons. The van der Waals surface area contributed by atoms with Gasteiger partial charge < -0.3 is 4.74 Å². The first-order chi connectivity index (χ1) is 8.08. The molecule has 0 spiro atoms. The van der Waals surface area contributed by atoms with Gasteiger partial charge in [0.25, 0.3) is 0 Å². The lowest BCUT2D eigenvalue weighted by Crippen LogP contribution is -2.09. The number of rotatable bonds is 5. The van der Waals surface area contributed by atoms with E-state index in [9.17, 15) is 14.4 Å². The van der Waals surface area contributed by atoms with Crippen LogP contribution in [0.25, 0.3) is 0 Å². The Bertz CT molecular complexity index is 449. The van der Waals surface area contributed by atoms with Crippen LogP contribution in [0.15, 0.2) is 18.2 Å². The van der Waals surface area contributed by atoms with E-state index in [1.807, 2.05) is 0 Å². The van der Waals surface area contributed by atoms with Gasteiger partial charge in [-0.2, -0.15) is 0 Å². The van der Waals surface area contributed by atoms with Crippen molar-refractivity contribution in [1.29, 1.82) is 0 Å². The molecule has 0 heterocycles. The second kappa shape index (κ2) is 5.94. The molecule has 17 heavy (non-hydrogen) atoms. The van der Waals surface area contributed by atoms with Gasteiger partial charge in [-0.05, 0) is 25.5 Å². The van der Waals surface area contributed by atoms with Crippen molar-refractivity contribution in [2.24, 2.45) is 0 Å². The molecule has 4 nitrogen and oxygen atoms in total. The highest BCUT2D eigenvalue weighted by atomic mass is 16.5. The standard InChI is InChI=1S/C13H14O4/c1-3-17-13(16)12-7-10(6-9(2)15)4-5-11(12)8-14/h4-5,7-8H,3,6H2,1-2H3.